The fourth-order valence-electron chi connectivity index (χ4n) is 3.91. The number of carbonyl (C=O) groups excluding carboxylic acids is 1. The smallest absolute Gasteiger partial charge is 0.251 e. The molecule has 1 aliphatic rings. The molecule has 0 radical (unpaired) electrons. The lowest BCUT2D eigenvalue weighted by molar-refractivity contribution is 0.0937. The summed E-state index contributed by atoms with van der Waals surface area (Å²) in [6.07, 6.45) is 3.33. The second kappa shape index (κ2) is 9.87. The van der Waals surface area contributed by atoms with Crippen LogP contribution >= 0.6 is 0 Å². The number of amides is 1. The van der Waals surface area contributed by atoms with Crippen LogP contribution < -0.4 is 10.1 Å². The quantitative estimate of drug-likeness (QED) is 0.739. The molecule has 0 saturated carbocycles. The molecule has 7 heteroatoms. The van der Waals surface area contributed by atoms with Gasteiger partial charge in [-0.05, 0) is 31.0 Å². The van der Waals surface area contributed by atoms with Crippen LogP contribution in [-0.2, 0) is 13.0 Å². The van der Waals surface area contributed by atoms with Crippen molar-refractivity contribution in [3.05, 3.63) is 41.5 Å². The molecule has 1 atom stereocenters. The predicted molar refractivity (Wildman–Crippen MR) is 113 cm³/mol. The summed E-state index contributed by atoms with van der Waals surface area (Å²) in [5.41, 5.74) is 0.572. The lowest BCUT2D eigenvalue weighted by Crippen LogP contribution is -2.32. The third-order valence-corrected chi connectivity index (χ3v) is 5.89. The molecule has 1 N–H and O–H groups in total. The molecular weight excluding hydrogens is 366 g/mol. The van der Waals surface area contributed by atoms with Gasteiger partial charge in [-0.3, -0.25) is 4.79 Å². The molecule has 0 aliphatic carbocycles. The van der Waals surface area contributed by atoms with Gasteiger partial charge >= 0.3 is 0 Å². The molecule has 29 heavy (non-hydrogen) atoms. The fraction of sp³-hybridized carbons (Fsp3) is 0.591. The highest BCUT2D eigenvalue weighted by molar-refractivity contribution is 5.94. The molecule has 0 fully saturated rings. The molecule has 0 spiro atoms. The van der Waals surface area contributed by atoms with E-state index in [4.69, 9.17) is 4.74 Å². The zero-order valence-electron chi connectivity index (χ0n) is 18.0. The standard InChI is InChI=1S/C22H33N5O2/c1-5-17(6-2)15-26-11-10-20-24-25-21(27(20)13-12-26)16(3)23-22(28)18-8-7-9-19(14-18)29-4/h7-9,14,16-17H,5-6,10-13,15H2,1-4H3,(H,23,28)/t16-/m0/s1. The first-order valence-electron chi connectivity index (χ1n) is 10.6. The Hall–Kier alpha value is -2.41. The van der Waals surface area contributed by atoms with Gasteiger partial charge in [-0.1, -0.05) is 32.8 Å². The van der Waals surface area contributed by atoms with Gasteiger partial charge in [0.05, 0.1) is 13.2 Å². The number of methoxy groups -OCH3 is 1. The van der Waals surface area contributed by atoms with Crippen LogP contribution in [0.5, 0.6) is 5.75 Å². The Labute approximate surface area is 173 Å². The molecule has 2 heterocycles. The van der Waals surface area contributed by atoms with E-state index in [-0.39, 0.29) is 11.9 Å². The van der Waals surface area contributed by atoms with E-state index in [0.29, 0.717) is 11.3 Å². The first-order chi connectivity index (χ1) is 14.0. The van der Waals surface area contributed by atoms with E-state index in [0.717, 1.165) is 50.2 Å². The lowest BCUT2D eigenvalue weighted by atomic mass is 10.0. The number of nitrogens with zero attached hydrogens (tertiary/aromatic N) is 4. The van der Waals surface area contributed by atoms with Crippen molar-refractivity contribution in [1.82, 2.24) is 25.0 Å². The van der Waals surface area contributed by atoms with Gasteiger partial charge in [-0.15, -0.1) is 10.2 Å². The first kappa shape index (κ1) is 21.3. The van der Waals surface area contributed by atoms with Gasteiger partial charge in [0.1, 0.15) is 11.6 Å². The van der Waals surface area contributed by atoms with Crippen LogP contribution in [0.3, 0.4) is 0 Å². The number of carbonyl (C=O) groups is 1. The molecule has 2 aromatic rings. The van der Waals surface area contributed by atoms with Crippen LogP contribution in [0, 0.1) is 5.92 Å². The van der Waals surface area contributed by atoms with Crippen molar-refractivity contribution in [2.24, 2.45) is 5.92 Å². The first-order valence-corrected chi connectivity index (χ1v) is 10.6. The zero-order valence-corrected chi connectivity index (χ0v) is 18.0. The van der Waals surface area contributed by atoms with Crippen molar-refractivity contribution in [3.8, 4) is 5.75 Å². The highest BCUT2D eigenvalue weighted by Crippen LogP contribution is 2.19. The highest BCUT2D eigenvalue weighted by atomic mass is 16.5. The molecule has 7 nitrogen and oxygen atoms in total. The normalized spacial score (nSPS) is 15.6. The van der Waals surface area contributed by atoms with Gasteiger partial charge in [-0.25, -0.2) is 0 Å². The van der Waals surface area contributed by atoms with Gasteiger partial charge in [0.15, 0.2) is 5.82 Å². The molecule has 1 amide bonds. The van der Waals surface area contributed by atoms with Crippen molar-refractivity contribution < 1.29 is 9.53 Å². The van der Waals surface area contributed by atoms with Crippen molar-refractivity contribution in [2.45, 2.75) is 52.6 Å². The molecule has 0 saturated heterocycles. The lowest BCUT2D eigenvalue weighted by Gasteiger charge is -2.24. The van der Waals surface area contributed by atoms with E-state index in [2.05, 4.69) is 38.8 Å². The summed E-state index contributed by atoms with van der Waals surface area (Å²) < 4.78 is 7.40. The second-order valence-corrected chi connectivity index (χ2v) is 7.79. The number of nitrogens with one attached hydrogen (secondary N) is 1. The minimum absolute atomic E-state index is 0.141. The number of rotatable bonds is 8. The number of fused-ring (bicyclic) bond motifs is 1. The third-order valence-electron chi connectivity index (χ3n) is 5.89. The number of benzene rings is 1. The number of hydrogen-bond donors (Lipinski definition) is 1. The van der Waals surface area contributed by atoms with Crippen LogP contribution in [0.2, 0.25) is 0 Å². The van der Waals surface area contributed by atoms with Gasteiger partial charge in [-0.2, -0.15) is 0 Å². The van der Waals surface area contributed by atoms with Gasteiger partial charge in [0, 0.05) is 38.2 Å². The van der Waals surface area contributed by atoms with Crippen LogP contribution in [0.4, 0.5) is 0 Å². The number of ether oxygens (including phenoxy) is 1. The van der Waals surface area contributed by atoms with Crippen LogP contribution in [0.25, 0.3) is 0 Å². The minimum atomic E-state index is -0.222. The summed E-state index contributed by atoms with van der Waals surface area (Å²) in [6, 6.07) is 6.94. The Morgan fingerprint density at radius 3 is 2.72 bits per heavy atom. The molecule has 158 valence electrons. The fourth-order valence-corrected chi connectivity index (χ4v) is 3.91. The van der Waals surface area contributed by atoms with E-state index in [1.807, 2.05) is 19.1 Å². The van der Waals surface area contributed by atoms with Crippen molar-refractivity contribution in [2.75, 3.05) is 26.7 Å². The molecule has 3 rings (SSSR count). The van der Waals surface area contributed by atoms with Crippen LogP contribution in [0.1, 0.15) is 61.7 Å². The van der Waals surface area contributed by atoms with Gasteiger partial charge < -0.3 is 19.5 Å². The molecule has 0 unspecified atom stereocenters. The van der Waals surface area contributed by atoms with Crippen molar-refractivity contribution in [1.29, 1.82) is 0 Å². The number of aromatic nitrogens is 3. The highest BCUT2D eigenvalue weighted by Gasteiger charge is 2.23. The van der Waals surface area contributed by atoms with Gasteiger partial charge in [0.2, 0.25) is 0 Å². The summed E-state index contributed by atoms with van der Waals surface area (Å²) in [5.74, 6) is 3.10. The maximum absolute atomic E-state index is 12.7. The molecule has 1 aromatic carbocycles. The third kappa shape index (κ3) is 5.15. The largest absolute Gasteiger partial charge is 0.497 e. The van der Waals surface area contributed by atoms with Crippen molar-refractivity contribution in [3.63, 3.8) is 0 Å². The van der Waals surface area contributed by atoms with Crippen LogP contribution in [-0.4, -0.2) is 52.3 Å². The monoisotopic (exact) mass is 399 g/mol. The SMILES string of the molecule is CCC(CC)CN1CCc2nnc([C@H](C)NC(=O)c3cccc(OC)c3)n2CC1. The molecule has 1 aliphatic heterocycles. The maximum Gasteiger partial charge on any atom is 0.251 e. The average molecular weight is 400 g/mol. The zero-order chi connectivity index (χ0) is 20.8. The Kier molecular flexibility index (Phi) is 7.25. The summed E-state index contributed by atoms with van der Waals surface area (Å²) >= 11 is 0. The Morgan fingerprint density at radius 1 is 1.21 bits per heavy atom. The molecule has 1 aromatic heterocycles. The summed E-state index contributed by atoms with van der Waals surface area (Å²) in [6.45, 7) is 10.5. The topological polar surface area (TPSA) is 72.3 Å². The van der Waals surface area contributed by atoms with E-state index in [9.17, 15) is 4.79 Å². The maximum atomic E-state index is 12.7. The van der Waals surface area contributed by atoms with E-state index >= 15 is 0 Å². The Bertz CT molecular complexity index is 815. The number of hydrogen-bond acceptors (Lipinski definition) is 5. The summed E-state index contributed by atoms with van der Waals surface area (Å²) in [4.78, 5) is 15.2. The summed E-state index contributed by atoms with van der Waals surface area (Å²) in [5, 5.41) is 11.9. The van der Waals surface area contributed by atoms with Crippen LogP contribution in [0.15, 0.2) is 24.3 Å². The second-order valence-electron chi connectivity index (χ2n) is 7.79. The minimum Gasteiger partial charge on any atom is -0.497 e. The molecule has 0 bridgehead atoms. The van der Waals surface area contributed by atoms with Crippen molar-refractivity contribution >= 4 is 5.91 Å². The Morgan fingerprint density at radius 2 is 2.00 bits per heavy atom. The van der Waals surface area contributed by atoms with Gasteiger partial charge in [0.25, 0.3) is 5.91 Å². The van der Waals surface area contributed by atoms with E-state index < -0.39 is 0 Å². The van der Waals surface area contributed by atoms with E-state index in [1.54, 1.807) is 19.2 Å². The molecular formula is C22H33N5O2. The average Bonchev–Trinajstić information content (AvgIpc) is 3.06. The van der Waals surface area contributed by atoms with E-state index in [1.165, 1.54) is 12.8 Å². The Balaban J connectivity index is 1.66. The summed E-state index contributed by atoms with van der Waals surface area (Å²) in [7, 11) is 1.59. The predicted octanol–water partition coefficient (Wildman–Crippen LogP) is 3.07.